The number of amidine groups is 1. The number of anilines is 1. The van der Waals surface area contributed by atoms with Gasteiger partial charge in [-0.3, -0.25) is 4.98 Å². The summed E-state index contributed by atoms with van der Waals surface area (Å²) in [4.78, 5) is 11.6. The van der Waals surface area contributed by atoms with Gasteiger partial charge in [-0.25, -0.2) is 9.38 Å². The maximum absolute atomic E-state index is 14.7. The molecule has 0 radical (unpaired) electrons. The molecule has 1 unspecified atom stereocenters. The molecule has 1 fully saturated rings. The molecule has 9 heteroatoms. The van der Waals surface area contributed by atoms with E-state index in [2.05, 4.69) is 36.7 Å². The highest BCUT2D eigenvalue weighted by Gasteiger charge is 2.28. The normalized spacial score (nSPS) is 19.1. The fraction of sp³-hybridized carbons (Fsp3) is 0.393. The number of rotatable bonds is 3. The minimum absolute atomic E-state index is 0.221. The molecule has 4 heterocycles. The number of nitrogen functional groups attached to an aromatic ring is 1. The minimum Gasteiger partial charge on any atom is -0.389 e. The lowest BCUT2D eigenvalue weighted by Crippen LogP contribution is -2.33. The quantitative estimate of drug-likeness (QED) is 0.361. The van der Waals surface area contributed by atoms with Crippen molar-refractivity contribution in [2.45, 2.75) is 53.8 Å². The number of ether oxygens (including phenoxy) is 1. The van der Waals surface area contributed by atoms with Gasteiger partial charge in [0.15, 0.2) is 5.82 Å². The Labute approximate surface area is 224 Å². The predicted molar refractivity (Wildman–Crippen MR) is 149 cm³/mol. The van der Waals surface area contributed by atoms with Gasteiger partial charge in [0.05, 0.1) is 40.4 Å². The SMILES string of the molecule is CCC(C)=c1c(Cl)c(-c2ncc(F)c3sc(N)c(C#N)c23)c2c(/c1=C/N=C(C)N1CCC(C)C1)COC2. The highest BCUT2D eigenvalue weighted by atomic mass is 35.5. The number of hydrogen-bond acceptors (Lipinski definition) is 6. The van der Waals surface area contributed by atoms with Crippen LogP contribution in [0.5, 0.6) is 0 Å². The molecule has 37 heavy (non-hydrogen) atoms. The van der Waals surface area contributed by atoms with Gasteiger partial charge in [-0.15, -0.1) is 11.3 Å². The van der Waals surface area contributed by atoms with Gasteiger partial charge < -0.3 is 15.4 Å². The van der Waals surface area contributed by atoms with Crippen molar-refractivity contribution in [1.29, 1.82) is 5.26 Å². The molecule has 192 valence electrons. The molecule has 2 aliphatic heterocycles. The highest BCUT2D eigenvalue weighted by Crippen LogP contribution is 2.43. The van der Waals surface area contributed by atoms with Crippen LogP contribution in [0.25, 0.3) is 33.1 Å². The molecule has 2 aromatic heterocycles. The summed E-state index contributed by atoms with van der Waals surface area (Å²) in [7, 11) is 0. The van der Waals surface area contributed by atoms with Gasteiger partial charge in [0.1, 0.15) is 16.9 Å². The van der Waals surface area contributed by atoms with E-state index in [1.807, 2.05) is 13.1 Å². The Hall–Kier alpha value is -2.99. The second-order valence-corrected chi connectivity index (χ2v) is 11.2. The lowest BCUT2D eigenvalue weighted by atomic mass is 9.93. The Balaban J connectivity index is 1.84. The second kappa shape index (κ2) is 10.1. The number of hydrogen-bond donors (Lipinski definition) is 1. The maximum atomic E-state index is 14.7. The summed E-state index contributed by atoms with van der Waals surface area (Å²) in [6.07, 6.45) is 5.04. The van der Waals surface area contributed by atoms with Gasteiger partial charge in [0.25, 0.3) is 0 Å². The number of aliphatic imine (C=N–C) groups is 1. The lowest BCUT2D eigenvalue weighted by molar-refractivity contribution is 0.134. The first-order valence-corrected chi connectivity index (χ1v) is 13.6. The largest absolute Gasteiger partial charge is 0.389 e. The number of pyridine rings is 1. The number of nitrogens with zero attached hydrogens (tertiary/aromatic N) is 4. The van der Waals surface area contributed by atoms with Gasteiger partial charge in [-0.2, -0.15) is 5.26 Å². The van der Waals surface area contributed by atoms with E-state index in [-0.39, 0.29) is 10.6 Å². The number of benzene rings is 1. The number of thiophene rings is 1. The van der Waals surface area contributed by atoms with Crippen molar-refractivity contribution >= 4 is 55.6 Å². The van der Waals surface area contributed by atoms with Crippen LogP contribution >= 0.6 is 22.9 Å². The van der Waals surface area contributed by atoms with Crippen molar-refractivity contribution in [2.75, 3.05) is 18.8 Å². The standard InChI is InChI=1S/C28H29ClFN5OS/c1-5-15(3)22-18(9-33-16(4)35-7-6-14(2)11-35)19-12-36-13-20(19)23(25(22)29)26-24-17(8-31)28(32)37-27(24)21(30)10-34-26/h9-10,14H,5-7,11-13,32H2,1-4H3/b18-9-,22-15?,33-16?. The third-order valence-electron chi connectivity index (χ3n) is 7.46. The molecule has 0 bridgehead atoms. The predicted octanol–water partition coefficient (Wildman–Crippen LogP) is 5.32. The summed E-state index contributed by atoms with van der Waals surface area (Å²) in [5, 5.41) is 12.8. The van der Waals surface area contributed by atoms with E-state index in [4.69, 9.17) is 27.1 Å². The Bertz CT molecular complexity index is 1620. The Morgan fingerprint density at radius 2 is 2.16 bits per heavy atom. The topological polar surface area (TPSA) is 87.5 Å². The molecule has 0 spiro atoms. The van der Waals surface area contributed by atoms with E-state index < -0.39 is 5.82 Å². The van der Waals surface area contributed by atoms with Crippen LogP contribution in [-0.2, 0) is 18.0 Å². The molecule has 2 N–H and O–H groups in total. The fourth-order valence-electron chi connectivity index (χ4n) is 5.26. The van der Waals surface area contributed by atoms with Crippen LogP contribution in [0.4, 0.5) is 9.39 Å². The summed E-state index contributed by atoms with van der Waals surface area (Å²) in [5.74, 6) is 1.13. The average Bonchev–Trinajstić information content (AvgIpc) is 3.61. The van der Waals surface area contributed by atoms with E-state index in [1.54, 1.807) is 0 Å². The molecule has 6 nitrogen and oxygen atoms in total. The van der Waals surface area contributed by atoms with Crippen LogP contribution in [-0.4, -0.2) is 28.8 Å². The molecule has 0 saturated carbocycles. The molecule has 5 rings (SSSR count). The molecular formula is C28H29ClFN5OS. The van der Waals surface area contributed by atoms with Gasteiger partial charge in [-0.05, 0) is 43.7 Å². The van der Waals surface area contributed by atoms with Crippen LogP contribution < -0.4 is 16.2 Å². The summed E-state index contributed by atoms with van der Waals surface area (Å²) >= 11 is 8.26. The first-order chi connectivity index (χ1) is 17.8. The zero-order valence-electron chi connectivity index (χ0n) is 21.4. The summed E-state index contributed by atoms with van der Waals surface area (Å²) in [5.41, 5.74) is 10.4. The van der Waals surface area contributed by atoms with Gasteiger partial charge in [-0.1, -0.05) is 31.0 Å². The van der Waals surface area contributed by atoms with Crippen molar-refractivity contribution in [3.63, 3.8) is 0 Å². The fourth-order valence-corrected chi connectivity index (χ4v) is 6.65. The van der Waals surface area contributed by atoms with E-state index in [0.29, 0.717) is 45.5 Å². The number of aromatic nitrogens is 1. The first kappa shape index (κ1) is 25.7. The summed E-state index contributed by atoms with van der Waals surface area (Å²) in [6, 6.07) is 2.14. The van der Waals surface area contributed by atoms with Crippen molar-refractivity contribution in [2.24, 2.45) is 10.9 Å². The number of likely N-dealkylation sites (tertiary alicyclic amines) is 1. The monoisotopic (exact) mass is 537 g/mol. The van der Waals surface area contributed by atoms with Crippen molar-refractivity contribution in [3.05, 3.63) is 44.2 Å². The molecule has 3 aromatic rings. The van der Waals surface area contributed by atoms with Crippen LogP contribution in [0, 0.1) is 23.1 Å². The van der Waals surface area contributed by atoms with E-state index in [1.165, 1.54) is 12.6 Å². The van der Waals surface area contributed by atoms with E-state index in [0.717, 1.165) is 63.8 Å². The molecule has 1 saturated heterocycles. The Kier molecular flexibility index (Phi) is 6.97. The maximum Gasteiger partial charge on any atom is 0.159 e. The number of fused-ring (bicyclic) bond motifs is 2. The molecular weight excluding hydrogens is 509 g/mol. The van der Waals surface area contributed by atoms with Crippen LogP contribution in [0.1, 0.15) is 57.2 Å². The van der Waals surface area contributed by atoms with Gasteiger partial charge >= 0.3 is 0 Å². The zero-order chi connectivity index (χ0) is 26.4. The molecule has 2 aliphatic rings. The Morgan fingerprint density at radius 1 is 1.41 bits per heavy atom. The smallest absolute Gasteiger partial charge is 0.159 e. The lowest BCUT2D eigenvalue weighted by Gasteiger charge is -2.17. The second-order valence-electron chi connectivity index (χ2n) is 9.82. The number of nitrogens with two attached hydrogens (primary N) is 1. The number of nitriles is 1. The molecule has 1 atom stereocenters. The zero-order valence-corrected chi connectivity index (χ0v) is 23.0. The molecule has 1 aromatic carbocycles. The Morgan fingerprint density at radius 3 is 2.84 bits per heavy atom. The van der Waals surface area contributed by atoms with Gasteiger partial charge in [0.2, 0.25) is 0 Å². The summed E-state index contributed by atoms with van der Waals surface area (Å²) < 4.78 is 21.0. The average molecular weight is 538 g/mol. The van der Waals surface area contributed by atoms with Crippen LogP contribution in [0.2, 0.25) is 5.02 Å². The van der Waals surface area contributed by atoms with Crippen LogP contribution in [0.3, 0.4) is 0 Å². The molecule has 0 amide bonds. The van der Waals surface area contributed by atoms with E-state index >= 15 is 0 Å². The summed E-state index contributed by atoms with van der Waals surface area (Å²) in [6.45, 7) is 11.2. The van der Waals surface area contributed by atoms with Crippen molar-refractivity contribution in [3.8, 4) is 17.3 Å². The van der Waals surface area contributed by atoms with Crippen molar-refractivity contribution in [1.82, 2.24) is 9.88 Å². The first-order valence-electron chi connectivity index (χ1n) is 12.4. The van der Waals surface area contributed by atoms with Gasteiger partial charge in [0, 0.05) is 40.7 Å². The van der Waals surface area contributed by atoms with E-state index in [9.17, 15) is 9.65 Å². The minimum atomic E-state index is -0.511. The molecule has 0 aliphatic carbocycles. The highest BCUT2D eigenvalue weighted by molar-refractivity contribution is 7.23. The number of halogens is 2. The van der Waals surface area contributed by atoms with Crippen molar-refractivity contribution < 1.29 is 9.13 Å². The third kappa shape index (κ3) is 4.29. The van der Waals surface area contributed by atoms with Crippen LogP contribution in [0.15, 0.2) is 11.2 Å². The third-order valence-corrected chi connectivity index (χ3v) is 8.86.